The number of carbonyl (C=O) groups is 2. The minimum Gasteiger partial charge on any atom is -0.467 e. The highest BCUT2D eigenvalue weighted by Crippen LogP contribution is 2.30. The molecule has 1 saturated carbocycles. The summed E-state index contributed by atoms with van der Waals surface area (Å²) in [4.78, 5) is 26.1. The molecule has 0 aliphatic heterocycles. The van der Waals surface area contributed by atoms with Crippen LogP contribution in [0.3, 0.4) is 0 Å². The van der Waals surface area contributed by atoms with Crippen LogP contribution in [-0.4, -0.2) is 62.1 Å². The summed E-state index contributed by atoms with van der Waals surface area (Å²) in [5, 5.41) is 2.88. The van der Waals surface area contributed by atoms with Crippen LogP contribution in [0.4, 0.5) is 0 Å². The number of aryl methyl sites for hydroxylation is 1. The van der Waals surface area contributed by atoms with Gasteiger partial charge in [0.25, 0.3) is 5.91 Å². The molecule has 1 aliphatic rings. The SMILES string of the molecule is CCCCS(=O)(=O)N(CCCCC1CCCCC1)Cc1ccc(C(=O)NC(CCSC)C(=O)OC)c(-c2ccccc2C)c1. The highest BCUT2D eigenvalue weighted by Gasteiger charge is 2.26. The zero-order valence-electron chi connectivity index (χ0n) is 27.1. The molecule has 0 bridgehead atoms. The van der Waals surface area contributed by atoms with Gasteiger partial charge in [-0.15, -0.1) is 0 Å². The van der Waals surface area contributed by atoms with Gasteiger partial charge in [0.15, 0.2) is 0 Å². The molecule has 2 aromatic carbocycles. The van der Waals surface area contributed by atoms with Gasteiger partial charge < -0.3 is 10.1 Å². The van der Waals surface area contributed by atoms with E-state index < -0.39 is 22.0 Å². The molecule has 0 spiro atoms. The highest BCUT2D eigenvalue weighted by molar-refractivity contribution is 7.98. The lowest BCUT2D eigenvalue weighted by Crippen LogP contribution is -2.42. The van der Waals surface area contributed by atoms with Crippen molar-refractivity contribution in [3.8, 4) is 11.1 Å². The summed E-state index contributed by atoms with van der Waals surface area (Å²) in [6.45, 7) is 4.76. The largest absolute Gasteiger partial charge is 0.467 e. The minimum atomic E-state index is -3.44. The fourth-order valence-corrected chi connectivity index (χ4v) is 8.16. The quantitative estimate of drug-likeness (QED) is 0.135. The predicted molar refractivity (Wildman–Crippen MR) is 182 cm³/mol. The van der Waals surface area contributed by atoms with Crippen molar-refractivity contribution < 1.29 is 22.7 Å². The molecule has 1 atom stereocenters. The average molecular weight is 645 g/mol. The van der Waals surface area contributed by atoms with Gasteiger partial charge in [0.2, 0.25) is 10.0 Å². The second-order valence-electron chi connectivity index (χ2n) is 12.0. The minimum absolute atomic E-state index is 0.141. The average Bonchev–Trinajstić information content (AvgIpc) is 3.03. The number of esters is 1. The van der Waals surface area contributed by atoms with Gasteiger partial charge in [-0.3, -0.25) is 4.79 Å². The number of methoxy groups -OCH3 is 1. The summed E-state index contributed by atoms with van der Waals surface area (Å²) >= 11 is 1.60. The standard InChI is InChI=1S/C35H52N2O5S2/c1-5-6-24-44(40,41)37(22-13-12-17-28-15-8-7-9-16-28)26-29-19-20-31(32(25-29)30-18-11-10-14-27(30)2)34(38)36-33(21-23-43-4)35(39)42-3/h10-11,14,18-20,25,28,33H,5-9,12-13,15-17,21-24,26H2,1-4H3,(H,36,38). The van der Waals surface area contributed by atoms with Crippen molar-refractivity contribution in [2.45, 2.75) is 97.1 Å². The molecular weight excluding hydrogens is 593 g/mol. The molecule has 3 rings (SSSR count). The van der Waals surface area contributed by atoms with E-state index in [0.717, 1.165) is 47.4 Å². The summed E-state index contributed by atoms with van der Waals surface area (Å²) in [7, 11) is -2.11. The first kappa shape index (κ1) is 36.1. The Balaban J connectivity index is 1.88. The van der Waals surface area contributed by atoms with Gasteiger partial charge in [0.1, 0.15) is 6.04 Å². The summed E-state index contributed by atoms with van der Waals surface area (Å²) in [5.41, 5.74) is 3.88. The van der Waals surface area contributed by atoms with Crippen molar-refractivity contribution >= 4 is 33.7 Å². The van der Waals surface area contributed by atoms with Crippen molar-refractivity contribution in [2.24, 2.45) is 5.92 Å². The number of benzene rings is 2. The lowest BCUT2D eigenvalue weighted by Gasteiger charge is -2.25. The van der Waals surface area contributed by atoms with Crippen LogP contribution in [0.15, 0.2) is 42.5 Å². The van der Waals surface area contributed by atoms with E-state index in [4.69, 9.17) is 4.74 Å². The number of unbranched alkanes of at least 4 members (excludes halogenated alkanes) is 2. The van der Waals surface area contributed by atoms with Crippen molar-refractivity contribution in [3.05, 3.63) is 59.2 Å². The van der Waals surface area contributed by atoms with Gasteiger partial charge in [0, 0.05) is 18.7 Å². The molecule has 1 amide bonds. The number of ether oxygens (including phenoxy) is 1. The molecule has 9 heteroatoms. The first-order chi connectivity index (χ1) is 21.2. The van der Waals surface area contributed by atoms with Gasteiger partial charge >= 0.3 is 5.97 Å². The molecular formula is C35H52N2O5S2. The van der Waals surface area contributed by atoms with Crippen molar-refractivity contribution in [3.63, 3.8) is 0 Å². The molecule has 1 unspecified atom stereocenters. The molecule has 1 aliphatic carbocycles. The van der Waals surface area contributed by atoms with Crippen molar-refractivity contribution in [1.82, 2.24) is 9.62 Å². The zero-order valence-corrected chi connectivity index (χ0v) is 28.7. The monoisotopic (exact) mass is 644 g/mol. The lowest BCUT2D eigenvalue weighted by molar-refractivity contribution is -0.142. The Bertz CT molecular complexity index is 1310. The van der Waals surface area contributed by atoms with Crippen molar-refractivity contribution in [1.29, 1.82) is 0 Å². The fraction of sp³-hybridized carbons (Fsp3) is 0.600. The number of amides is 1. The Morgan fingerprint density at radius 2 is 1.80 bits per heavy atom. The Labute approximate surface area is 270 Å². The van der Waals surface area contributed by atoms with E-state index >= 15 is 0 Å². The second kappa shape index (κ2) is 18.6. The van der Waals surface area contributed by atoms with Crippen LogP contribution in [0.5, 0.6) is 0 Å². The van der Waals surface area contributed by atoms with Gasteiger partial charge in [-0.1, -0.05) is 88.6 Å². The normalized spacial score (nSPS) is 14.8. The number of nitrogens with zero attached hydrogens (tertiary/aromatic N) is 1. The maximum atomic E-state index is 13.6. The van der Waals surface area contributed by atoms with Gasteiger partial charge in [-0.05, 0) is 78.5 Å². The van der Waals surface area contributed by atoms with Gasteiger partial charge in [-0.2, -0.15) is 16.1 Å². The van der Waals surface area contributed by atoms with E-state index in [2.05, 4.69) is 5.32 Å². The Morgan fingerprint density at radius 3 is 2.48 bits per heavy atom. The maximum absolute atomic E-state index is 13.6. The summed E-state index contributed by atoms with van der Waals surface area (Å²) in [6.07, 6.45) is 13.5. The summed E-state index contributed by atoms with van der Waals surface area (Å²) in [5.74, 6) is 0.789. The van der Waals surface area contributed by atoms with E-state index in [1.807, 2.05) is 56.5 Å². The maximum Gasteiger partial charge on any atom is 0.328 e. The second-order valence-corrected chi connectivity index (χ2v) is 15.1. The van der Waals surface area contributed by atoms with E-state index in [-0.39, 0.29) is 18.2 Å². The number of nitrogens with one attached hydrogen (secondary N) is 1. The third-order valence-electron chi connectivity index (χ3n) is 8.67. The third-order valence-corrected chi connectivity index (χ3v) is 11.2. The Hall–Kier alpha value is -2.36. The van der Waals surface area contributed by atoms with Crippen LogP contribution in [0.25, 0.3) is 11.1 Å². The van der Waals surface area contributed by atoms with Crippen LogP contribution >= 0.6 is 11.8 Å². The van der Waals surface area contributed by atoms with Crippen LogP contribution in [0, 0.1) is 12.8 Å². The molecule has 0 saturated heterocycles. The number of hydrogen-bond acceptors (Lipinski definition) is 6. The molecule has 1 N–H and O–H groups in total. The smallest absolute Gasteiger partial charge is 0.328 e. The van der Waals surface area contributed by atoms with E-state index in [9.17, 15) is 18.0 Å². The number of carbonyl (C=O) groups excluding carboxylic acids is 2. The molecule has 1 fully saturated rings. The van der Waals surface area contributed by atoms with Crippen LogP contribution in [0.2, 0.25) is 0 Å². The number of sulfonamides is 1. The molecule has 244 valence electrons. The van der Waals surface area contributed by atoms with E-state index in [1.165, 1.54) is 45.6 Å². The van der Waals surface area contributed by atoms with E-state index in [1.54, 1.807) is 22.1 Å². The Morgan fingerprint density at radius 1 is 1.05 bits per heavy atom. The highest BCUT2D eigenvalue weighted by atomic mass is 32.2. The topological polar surface area (TPSA) is 92.8 Å². The molecule has 44 heavy (non-hydrogen) atoms. The molecule has 0 heterocycles. The molecule has 2 aromatic rings. The summed E-state index contributed by atoms with van der Waals surface area (Å²) in [6, 6.07) is 12.6. The number of rotatable bonds is 18. The number of hydrogen-bond donors (Lipinski definition) is 1. The fourth-order valence-electron chi connectivity index (χ4n) is 6.02. The first-order valence-electron chi connectivity index (χ1n) is 16.2. The zero-order chi connectivity index (χ0) is 32.0. The third kappa shape index (κ3) is 10.9. The van der Waals surface area contributed by atoms with Gasteiger partial charge in [-0.25, -0.2) is 13.2 Å². The predicted octanol–water partition coefficient (Wildman–Crippen LogP) is 7.37. The number of thioether (sulfide) groups is 1. The molecule has 0 aromatic heterocycles. The molecule has 7 nitrogen and oxygen atoms in total. The molecule has 0 radical (unpaired) electrons. The lowest BCUT2D eigenvalue weighted by atomic mass is 9.86. The van der Waals surface area contributed by atoms with Crippen LogP contribution in [-0.2, 0) is 26.1 Å². The summed E-state index contributed by atoms with van der Waals surface area (Å²) < 4.78 is 33.6. The van der Waals surface area contributed by atoms with Gasteiger partial charge in [0.05, 0.1) is 12.9 Å². The Kier molecular flexibility index (Phi) is 15.2. The van der Waals surface area contributed by atoms with Crippen molar-refractivity contribution in [2.75, 3.05) is 31.4 Å². The first-order valence-corrected chi connectivity index (χ1v) is 19.2. The van der Waals surface area contributed by atoms with Crippen LogP contribution in [0.1, 0.15) is 99.0 Å². The van der Waals surface area contributed by atoms with Crippen LogP contribution < -0.4 is 5.32 Å². The van der Waals surface area contributed by atoms with E-state index in [0.29, 0.717) is 30.7 Å².